The Balaban J connectivity index is 2.18. The Morgan fingerprint density at radius 2 is 1.90 bits per heavy atom. The molecule has 0 bridgehead atoms. The average Bonchev–Trinajstić information content (AvgIpc) is 2.48. The van der Waals surface area contributed by atoms with E-state index < -0.39 is 0 Å². The Hall–Kier alpha value is -2.08. The number of halogens is 1. The zero-order chi connectivity index (χ0) is 14.5. The molecule has 0 atom stereocenters. The van der Waals surface area contributed by atoms with E-state index in [0.717, 1.165) is 0 Å². The van der Waals surface area contributed by atoms with Crippen molar-refractivity contribution in [3.63, 3.8) is 0 Å². The van der Waals surface area contributed by atoms with E-state index in [1.165, 1.54) is 7.11 Å². The molecule has 0 spiro atoms. The molecule has 1 amide bonds. The Morgan fingerprint density at radius 3 is 2.50 bits per heavy atom. The molecule has 0 aliphatic carbocycles. The average molecular weight is 337 g/mol. The van der Waals surface area contributed by atoms with Crippen LogP contribution in [-0.4, -0.2) is 25.1 Å². The second kappa shape index (κ2) is 6.38. The van der Waals surface area contributed by atoms with Crippen molar-refractivity contribution in [3.8, 4) is 11.5 Å². The van der Waals surface area contributed by atoms with Gasteiger partial charge in [0.25, 0.3) is 5.91 Å². The minimum atomic E-state index is -0.241. The fourth-order valence-electron chi connectivity index (χ4n) is 1.63. The van der Waals surface area contributed by atoms with Crippen LogP contribution >= 0.6 is 15.9 Å². The van der Waals surface area contributed by atoms with Crippen LogP contribution in [0.2, 0.25) is 0 Å². The number of carbonyl (C=O) groups is 1. The third-order valence-corrected chi connectivity index (χ3v) is 3.10. The number of methoxy groups -OCH3 is 2. The molecule has 20 heavy (non-hydrogen) atoms. The summed E-state index contributed by atoms with van der Waals surface area (Å²) in [7, 11) is 3.07. The molecule has 104 valence electrons. The van der Waals surface area contributed by atoms with Crippen LogP contribution in [0.4, 0.5) is 5.69 Å². The Kier molecular flexibility index (Phi) is 4.57. The third kappa shape index (κ3) is 3.27. The molecule has 0 unspecified atom stereocenters. The summed E-state index contributed by atoms with van der Waals surface area (Å²) in [6.45, 7) is 0. The van der Waals surface area contributed by atoms with Gasteiger partial charge in [-0.3, -0.25) is 4.79 Å². The molecule has 0 fully saturated rings. The number of rotatable bonds is 4. The zero-order valence-electron chi connectivity index (χ0n) is 11.0. The third-order valence-electron chi connectivity index (χ3n) is 2.63. The van der Waals surface area contributed by atoms with Gasteiger partial charge in [0.15, 0.2) is 11.5 Å². The molecule has 0 aliphatic rings. The summed E-state index contributed by atoms with van der Waals surface area (Å²) in [5.74, 6) is 0.846. The highest BCUT2D eigenvalue weighted by molar-refractivity contribution is 9.10. The van der Waals surface area contributed by atoms with E-state index in [0.29, 0.717) is 27.4 Å². The number of amides is 1. The number of hydrogen-bond donors (Lipinski definition) is 1. The van der Waals surface area contributed by atoms with Gasteiger partial charge in [-0.05, 0) is 46.3 Å². The standard InChI is InChI=1S/C14H13BrN2O3/c1-19-11-5-3-9(7-12(11)20-2)14(18)17-10-4-6-13(15)16-8-10/h3-8H,1-2H3,(H,17,18). The van der Waals surface area contributed by atoms with Gasteiger partial charge < -0.3 is 14.8 Å². The molecule has 1 aromatic heterocycles. The van der Waals surface area contributed by atoms with Crippen molar-refractivity contribution in [2.24, 2.45) is 0 Å². The van der Waals surface area contributed by atoms with E-state index in [2.05, 4.69) is 26.2 Å². The van der Waals surface area contributed by atoms with Crippen LogP contribution in [0.3, 0.4) is 0 Å². The number of aromatic nitrogens is 1. The summed E-state index contributed by atoms with van der Waals surface area (Å²) in [6, 6.07) is 8.50. The summed E-state index contributed by atoms with van der Waals surface area (Å²) in [6.07, 6.45) is 1.57. The molecule has 5 nitrogen and oxygen atoms in total. The molecule has 0 radical (unpaired) electrons. The predicted molar refractivity (Wildman–Crippen MR) is 79.4 cm³/mol. The van der Waals surface area contributed by atoms with Crippen LogP contribution in [-0.2, 0) is 0 Å². The Bertz CT molecular complexity index is 614. The van der Waals surface area contributed by atoms with E-state index in [-0.39, 0.29) is 5.91 Å². The number of benzene rings is 1. The van der Waals surface area contributed by atoms with Crippen LogP contribution in [0, 0.1) is 0 Å². The van der Waals surface area contributed by atoms with Crippen molar-refractivity contribution < 1.29 is 14.3 Å². The molecule has 0 saturated heterocycles. The monoisotopic (exact) mass is 336 g/mol. The zero-order valence-corrected chi connectivity index (χ0v) is 12.6. The summed E-state index contributed by atoms with van der Waals surface area (Å²) >= 11 is 3.24. The molecule has 1 N–H and O–H groups in total. The van der Waals surface area contributed by atoms with Crippen LogP contribution in [0.25, 0.3) is 0 Å². The number of carbonyl (C=O) groups excluding carboxylic acids is 1. The normalized spacial score (nSPS) is 9.95. The van der Waals surface area contributed by atoms with Gasteiger partial charge in [0.1, 0.15) is 4.60 Å². The van der Waals surface area contributed by atoms with Crippen LogP contribution in [0.15, 0.2) is 41.1 Å². The summed E-state index contributed by atoms with van der Waals surface area (Å²) in [4.78, 5) is 16.2. The minimum Gasteiger partial charge on any atom is -0.493 e. The van der Waals surface area contributed by atoms with Crippen LogP contribution < -0.4 is 14.8 Å². The highest BCUT2D eigenvalue weighted by Gasteiger charge is 2.11. The van der Waals surface area contributed by atoms with Crippen molar-refractivity contribution in [1.82, 2.24) is 4.98 Å². The molecule has 0 aliphatic heterocycles. The minimum absolute atomic E-state index is 0.241. The van der Waals surface area contributed by atoms with Gasteiger partial charge in [-0.1, -0.05) is 0 Å². The fourth-order valence-corrected chi connectivity index (χ4v) is 1.87. The SMILES string of the molecule is COc1ccc(C(=O)Nc2ccc(Br)nc2)cc1OC. The maximum Gasteiger partial charge on any atom is 0.255 e. The quantitative estimate of drug-likeness (QED) is 0.871. The van der Waals surface area contributed by atoms with Crippen LogP contribution in [0.5, 0.6) is 11.5 Å². The highest BCUT2D eigenvalue weighted by Crippen LogP contribution is 2.27. The summed E-state index contributed by atoms with van der Waals surface area (Å²) in [5.41, 5.74) is 1.10. The molecular weight excluding hydrogens is 324 g/mol. The van der Waals surface area contributed by atoms with Crippen molar-refractivity contribution in [1.29, 1.82) is 0 Å². The summed E-state index contributed by atoms with van der Waals surface area (Å²) < 4.78 is 11.0. The van der Waals surface area contributed by atoms with Gasteiger partial charge in [0, 0.05) is 5.56 Å². The van der Waals surface area contributed by atoms with E-state index in [1.807, 2.05) is 0 Å². The first-order chi connectivity index (χ1) is 9.63. The molecular formula is C14H13BrN2O3. The Labute approximate surface area is 125 Å². The predicted octanol–water partition coefficient (Wildman–Crippen LogP) is 3.11. The van der Waals surface area contributed by atoms with Gasteiger partial charge in [-0.2, -0.15) is 0 Å². The number of hydrogen-bond acceptors (Lipinski definition) is 4. The second-order valence-corrected chi connectivity index (χ2v) is 4.71. The Morgan fingerprint density at radius 1 is 1.15 bits per heavy atom. The van der Waals surface area contributed by atoms with E-state index in [4.69, 9.17) is 9.47 Å². The van der Waals surface area contributed by atoms with Gasteiger partial charge in [-0.15, -0.1) is 0 Å². The number of nitrogens with one attached hydrogen (secondary N) is 1. The maximum absolute atomic E-state index is 12.1. The number of anilines is 1. The van der Waals surface area contributed by atoms with Gasteiger partial charge in [0.2, 0.25) is 0 Å². The lowest BCUT2D eigenvalue weighted by Gasteiger charge is -2.10. The molecule has 2 rings (SSSR count). The maximum atomic E-state index is 12.1. The summed E-state index contributed by atoms with van der Waals surface area (Å²) in [5, 5.41) is 2.76. The smallest absolute Gasteiger partial charge is 0.255 e. The van der Waals surface area contributed by atoms with E-state index in [9.17, 15) is 4.79 Å². The highest BCUT2D eigenvalue weighted by atomic mass is 79.9. The van der Waals surface area contributed by atoms with E-state index >= 15 is 0 Å². The van der Waals surface area contributed by atoms with Crippen molar-refractivity contribution in [2.45, 2.75) is 0 Å². The first-order valence-electron chi connectivity index (χ1n) is 5.79. The first-order valence-corrected chi connectivity index (χ1v) is 6.58. The lowest BCUT2D eigenvalue weighted by Crippen LogP contribution is -2.12. The van der Waals surface area contributed by atoms with Crippen molar-refractivity contribution in [3.05, 3.63) is 46.7 Å². The van der Waals surface area contributed by atoms with Gasteiger partial charge in [0.05, 0.1) is 26.1 Å². The second-order valence-electron chi connectivity index (χ2n) is 3.89. The van der Waals surface area contributed by atoms with Crippen molar-refractivity contribution in [2.75, 3.05) is 19.5 Å². The number of nitrogens with zero attached hydrogens (tertiary/aromatic N) is 1. The van der Waals surface area contributed by atoms with Gasteiger partial charge in [-0.25, -0.2) is 4.98 Å². The topological polar surface area (TPSA) is 60.5 Å². The van der Waals surface area contributed by atoms with E-state index in [1.54, 1.807) is 43.6 Å². The lowest BCUT2D eigenvalue weighted by atomic mass is 10.2. The molecule has 1 aromatic carbocycles. The molecule has 0 saturated carbocycles. The largest absolute Gasteiger partial charge is 0.493 e. The van der Waals surface area contributed by atoms with Gasteiger partial charge >= 0.3 is 0 Å². The molecule has 6 heteroatoms. The number of pyridine rings is 1. The van der Waals surface area contributed by atoms with Crippen molar-refractivity contribution >= 4 is 27.5 Å². The molecule has 2 aromatic rings. The molecule has 1 heterocycles. The van der Waals surface area contributed by atoms with Crippen LogP contribution in [0.1, 0.15) is 10.4 Å². The first kappa shape index (κ1) is 14.3. The fraction of sp³-hybridized carbons (Fsp3) is 0.143. The lowest BCUT2D eigenvalue weighted by molar-refractivity contribution is 0.102. The number of ether oxygens (including phenoxy) is 2.